The summed E-state index contributed by atoms with van der Waals surface area (Å²) in [6, 6.07) is 15.5. The molecule has 1 aliphatic carbocycles. The number of anilines is 1. The molecule has 5 rings (SSSR count). The molecule has 5 nitrogen and oxygen atoms in total. The lowest BCUT2D eigenvalue weighted by atomic mass is 10.2. The Balaban J connectivity index is 1.32. The average molecular weight is 399 g/mol. The molecular weight excluding hydrogens is 374 g/mol. The van der Waals surface area contributed by atoms with Crippen molar-refractivity contribution < 1.29 is 4.90 Å². The SMILES string of the molecule is S=c1n(C[NH+]2CCN(c3ccccc3)CC2)nc(-c2cccs2)n1C1CC1. The molecule has 2 aromatic heterocycles. The largest absolute Gasteiger partial charge is 0.360 e. The van der Waals surface area contributed by atoms with Crippen molar-refractivity contribution in [3.63, 3.8) is 0 Å². The topological polar surface area (TPSA) is 30.4 Å². The highest BCUT2D eigenvalue weighted by molar-refractivity contribution is 7.71. The number of para-hydroxylation sites is 1. The Bertz CT molecular complexity index is 948. The number of thiophene rings is 1. The van der Waals surface area contributed by atoms with Crippen LogP contribution in [0.25, 0.3) is 10.7 Å². The van der Waals surface area contributed by atoms with E-state index in [2.05, 4.69) is 62.0 Å². The number of hydrogen-bond donors (Lipinski definition) is 1. The fourth-order valence-electron chi connectivity index (χ4n) is 3.85. The molecular formula is C20H24N5S2+. The van der Waals surface area contributed by atoms with Gasteiger partial charge in [0, 0.05) is 11.7 Å². The Hall–Kier alpha value is -1.96. The molecule has 0 spiro atoms. The van der Waals surface area contributed by atoms with E-state index in [0.29, 0.717) is 6.04 Å². The molecule has 27 heavy (non-hydrogen) atoms. The smallest absolute Gasteiger partial charge is 0.203 e. The third kappa shape index (κ3) is 3.47. The van der Waals surface area contributed by atoms with Gasteiger partial charge in [-0.05, 0) is 48.6 Å². The first-order valence-corrected chi connectivity index (χ1v) is 10.9. The second kappa shape index (κ2) is 7.22. The molecule has 1 saturated carbocycles. The Morgan fingerprint density at radius 2 is 1.85 bits per heavy atom. The normalized spacial score (nSPS) is 18.1. The first kappa shape index (κ1) is 17.2. The van der Waals surface area contributed by atoms with E-state index in [9.17, 15) is 0 Å². The number of rotatable bonds is 5. The zero-order valence-electron chi connectivity index (χ0n) is 15.3. The van der Waals surface area contributed by atoms with Crippen molar-refractivity contribution in [3.8, 4) is 10.7 Å². The summed E-state index contributed by atoms with van der Waals surface area (Å²) in [4.78, 5) is 5.25. The van der Waals surface area contributed by atoms with Crippen LogP contribution >= 0.6 is 23.6 Å². The highest BCUT2D eigenvalue weighted by Crippen LogP contribution is 2.39. The van der Waals surface area contributed by atoms with Crippen LogP contribution < -0.4 is 9.80 Å². The lowest BCUT2D eigenvalue weighted by Crippen LogP contribution is -3.14. The minimum atomic E-state index is 0.549. The van der Waals surface area contributed by atoms with Crippen molar-refractivity contribution in [2.75, 3.05) is 31.1 Å². The lowest BCUT2D eigenvalue weighted by Gasteiger charge is -2.33. The maximum atomic E-state index is 5.82. The quantitative estimate of drug-likeness (QED) is 0.671. The molecule has 0 amide bonds. The number of aromatic nitrogens is 3. The molecule has 140 valence electrons. The molecule has 0 radical (unpaired) electrons. The molecule has 0 unspecified atom stereocenters. The van der Waals surface area contributed by atoms with Crippen LogP contribution in [0.2, 0.25) is 0 Å². The number of piperazine rings is 1. The van der Waals surface area contributed by atoms with E-state index < -0.39 is 0 Å². The molecule has 0 atom stereocenters. The Morgan fingerprint density at radius 3 is 2.52 bits per heavy atom. The van der Waals surface area contributed by atoms with Crippen LogP contribution in [0.5, 0.6) is 0 Å². The molecule has 0 bridgehead atoms. The Morgan fingerprint density at radius 1 is 1.07 bits per heavy atom. The summed E-state index contributed by atoms with van der Waals surface area (Å²) < 4.78 is 5.25. The second-order valence-corrected chi connectivity index (χ2v) is 8.73. The Labute approximate surface area is 168 Å². The minimum absolute atomic E-state index is 0.549. The van der Waals surface area contributed by atoms with Gasteiger partial charge in [-0.25, -0.2) is 0 Å². The van der Waals surface area contributed by atoms with E-state index in [4.69, 9.17) is 17.3 Å². The van der Waals surface area contributed by atoms with Crippen molar-refractivity contribution in [2.24, 2.45) is 0 Å². The molecule has 1 N–H and O–H groups in total. The van der Waals surface area contributed by atoms with Crippen LogP contribution in [0.15, 0.2) is 47.8 Å². The highest BCUT2D eigenvalue weighted by atomic mass is 32.1. The van der Waals surface area contributed by atoms with Gasteiger partial charge in [0.05, 0.1) is 31.1 Å². The van der Waals surface area contributed by atoms with Gasteiger partial charge in [0.2, 0.25) is 4.77 Å². The summed E-state index contributed by atoms with van der Waals surface area (Å²) in [6.45, 7) is 5.24. The number of benzene rings is 1. The van der Waals surface area contributed by atoms with E-state index in [1.165, 1.54) is 23.4 Å². The van der Waals surface area contributed by atoms with E-state index in [1.54, 1.807) is 16.2 Å². The zero-order chi connectivity index (χ0) is 18.2. The van der Waals surface area contributed by atoms with Crippen molar-refractivity contribution in [1.29, 1.82) is 0 Å². The summed E-state index contributed by atoms with van der Waals surface area (Å²) in [6.07, 6.45) is 2.45. The lowest BCUT2D eigenvalue weighted by molar-refractivity contribution is -0.924. The van der Waals surface area contributed by atoms with Gasteiger partial charge >= 0.3 is 0 Å². The molecule has 1 aromatic carbocycles. The van der Waals surface area contributed by atoms with Crippen molar-refractivity contribution in [2.45, 2.75) is 25.6 Å². The fourth-order valence-corrected chi connectivity index (χ4v) is 4.90. The van der Waals surface area contributed by atoms with Gasteiger partial charge in [-0.3, -0.25) is 4.57 Å². The summed E-state index contributed by atoms with van der Waals surface area (Å²) in [5, 5.41) is 7.05. The van der Waals surface area contributed by atoms with Gasteiger partial charge < -0.3 is 9.80 Å². The van der Waals surface area contributed by atoms with Crippen molar-refractivity contribution >= 4 is 29.2 Å². The van der Waals surface area contributed by atoms with Crippen LogP contribution in [-0.4, -0.2) is 40.5 Å². The standard InChI is InChI=1S/C20H23N5S2/c26-20-24(21-19(18-7-4-14-27-18)25(20)17-8-9-17)15-22-10-12-23(13-11-22)16-5-2-1-3-6-16/h1-7,14,17H,8-13,15H2/p+1. The number of hydrogen-bond acceptors (Lipinski definition) is 4. The second-order valence-electron chi connectivity index (χ2n) is 7.41. The fraction of sp³-hybridized carbons (Fsp3) is 0.400. The van der Waals surface area contributed by atoms with E-state index in [0.717, 1.165) is 43.4 Å². The molecule has 2 aliphatic rings. The van der Waals surface area contributed by atoms with Crippen molar-refractivity contribution in [3.05, 3.63) is 52.6 Å². The summed E-state index contributed by atoms with van der Waals surface area (Å²) in [5.41, 5.74) is 1.33. The molecule has 3 aromatic rings. The predicted molar refractivity (Wildman–Crippen MR) is 112 cm³/mol. The summed E-state index contributed by atoms with van der Waals surface area (Å²) >= 11 is 7.56. The van der Waals surface area contributed by atoms with E-state index >= 15 is 0 Å². The first-order valence-electron chi connectivity index (χ1n) is 9.66. The van der Waals surface area contributed by atoms with E-state index in [1.807, 2.05) is 0 Å². The maximum absolute atomic E-state index is 5.82. The third-order valence-electron chi connectivity index (χ3n) is 5.49. The van der Waals surface area contributed by atoms with Crippen LogP contribution in [-0.2, 0) is 6.67 Å². The summed E-state index contributed by atoms with van der Waals surface area (Å²) in [7, 11) is 0. The third-order valence-corrected chi connectivity index (χ3v) is 6.76. The van der Waals surface area contributed by atoms with Crippen LogP contribution in [0, 0.1) is 4.77 Å². The van der Waals surface area contributed by atoms with Crippen molar-refractivity contribution in [1.82, 2.24) is 14.3 Å². The monoisotopic (exact) mass is 398 g/mol. The zero-order valence-corrected chi connectivity index (χ0v) is 16.9. The van der Waals surface area contributed by atoms with Crippen LogP contribution in [0.4, 0.5) is 5.69 Å². The predicted octanol–water partition coefficient (Wildman–Crippen LogP) is 2.84. The molecule has 7 heteroatoms. The first-order chi connectivity index (χ1) is 13.3. The molecule has 2 fully saturated rings. The molecule has 1 aliphatic heterocycles. The average Bonchev–Trinajstić information content (AvgIpc) is 3.29. The van der Waals surface area contributed by atoms with Gasteiger partial charge in [-0.1, -0.05) is 24.3 Å². The molecule has 3 heterocycles. The number of nitrogens with zero attached hydrogens (tertiary/aromatic N) is 4. The summed E-state index contributed by atoms with van der Waals surface area (Å²) in [5.74, 6) is 1.06. The minimum Gasteiger partial charge on any atom is -0.360 e. The van der Waals surface area contributed by atoms with Gasteiger partial charge in [0.1, 0.15) is 0 Å². The van der Waals surface area contributed by atoms with Crippen LogP contribution in [0.3, 0.4) is 0 Å². The van der Waals surface area contributed by atoms with Gasteiger partial charge in [-0.2, -0.15) is 4.68 Å². The van der Waals surface area contributed by atoms with Gasteiger partial charge in [-0.15, -0.1) is 16.4 Å². The van der Waals surface area contributed by atoms with Gasteiger partial charge in [0.25, 0.3) is 0 Å². The van der Waals surface area contributed by atoms with Crippen LogP contribution in [0.1, 0.15) is 18.9 Å². The maximum Gasteiger partial charge on any atom is 0.203 e. The Kier molecular flexibility index (Phi) is 4.59. The van der Waals surface area contributed by atoms with Gasteiger partial charge in [0.15, 0.2) is 12.5 Å². The number of nitrogens with one attached hydrogen (secondary N) is 1. The number of quaternary nitrogens is 1. The van der Waals surface area contributed by atoms with E-state index in [-0.39, 0.29) is 0 Å². The highest BCUT2D eigenvalue weighted by Gasteiger charge is 2.30. The molecule has 1 saturated heterocycles.